The van der Waals surface area contributed by atoms with Crippen molar-refractivity contribution < 1.29 is 9.53 Å². The Bertz CT molecular complexity index is 293. The fourth-order valence-electron chi connectivity index (χ4n) is 1.44. The molecule has 0 bridgehead atoms. The maximum absolute atomic E-state index is 11.8. The molecule has 16 heavy (non-hydrogen) atoms. The van der Waals surface area contributed by atoms with E-state index < -0.39 is 5.60 Å². The van der Waals surface area contributed by atoms with Crippen LogP contribution in [-0.2, 0) is 4.74 Å². The standard InChI is InChI=1S/C11H18N2O2S/c1-11(2,3)15-10(14)13-6-7-16-9(8-13)4-5-12/h9H,4,6-8H2,1-3H3. The highest BCUT2D eigenvalue weighted by Crippen LogP contribution is 2.22. The number of hydrogen-bond acceptors (Lipinski definition) is 4. The minimum absolute atomic E-state index is 0.228. The van der Waals surface area contributed by atoms with Crippen molar-refractivity contribution in [3.8, 4) is 6.07 Å². The first-order valence-electron chi connectivity index (χ1n) is 5.39. The average Bonchev–Trinajstić information content (AvgIpc) is 2.16. The molecule has 0 aromatic heterocycles. The maximum Gasteiger partial charge on any atom is 0.410 e. The van der Waals surface area contributed by atoms with Gasteiger partial charge in [0.25, 0.3) is 0 Å². The Kier molecular flexibility index (Phi) is 4.48. The minimum Gasteiger partial charge on any atom is -0.444 e. The smallest absolute Gasteiger partial charge is 0.410 e. The minimum atomic E-state index is -0.452. The summed E-state index contributed by atoms with van der Waals surface area (Å²) in [7, 11) is 0. The molecule has 0 radical (unpaired) electrons. The molecule has 1 amide bonds. The van der Waals surface area contributed by atoms with Crippen molar-refractivity contribution in [1.29, 1.82) is 5.26 Å². The lowest BCUT2D eigenvalue weighted by atomic mass is 10.2. The second kappa shape index (κ2) is 5.44. The molecule has 0 aromatic carbocycles. The second-order valence-electron chi connectivity index (χ2n) is 4.78. The van der Waals surface area contributed by atoms with Crippen LogP contribution in [0.4, 0.5) is 4.79 Å². The van der Waals surface area contributed by atoms with Crippen molar-refractivity contribution >= 4 is 17.9 Å². The Morgan fingerprint density at radius 1 is 1.62 bits per heavy atom. The summed E-state index contributed by atoms with van der Waals surface area (Å²) in [4.78, 5) is 13.5. The molecule has 4 nitrogen and oxygen atoms in total. The zero-order chi connectivity index (χ0) is 12.2. The third-order valence-electron chi connectivity index (χ3n) is 2.11. The van der Waals surface area contributed by atoms with Crippen LogP contribution in [0.1, 0.15) is 27.2 Å². The van der Waals surface area contributed by atoms with Gasteiger partial charge in [-0.25, -0.2) is 4.79 Å². The van der Waals surface area contributed by atoms with Gasteiger partial charge in [-0.2, -0.15) is 17.0 Å². The molecular formula is C11H18N2O2S. The summed E-state index contributed by atoms with van der Waals surface area (Å²) in [6, 6.07) is 2.15. The molecule has 1 heterocycles. The SMILES string of the molecule is CC(C)(C)OC(=O)N1CCSC(CC#N)C1. The number of rotatable bonds is 1. The summed E-state index contributed by atoms with van der Waals surface area (Å²) in [6.07, 6.45) is 0.222. The molecule has 0 aliphatic carbocycles. The molecule has 0 spiro atoms. The summed E-state index contributed by atoms with van der Waals surface area (Å²) >= 11 is 1.75. The summed E-state index contributed by atoms with van der Waals surface area (Å²) in [6.45, 7) is 6.90. The van der Waals surface area contributed by atoms with Gasteiger partial charge in [-0.15, -0.1) is 0 Å². The van der Waals surface area contributed by atoms with Gasteiger partial charge < -0.3 is 9.64 Å². The lowest BCUT2D eigenvalue weighted by molar-refractivity contribution is 0.0257. The van der Waals surface area contributed by atoms with Crippen LogP contribution in [0.5, 0.6) is 0 Å². The lowest BCUT2D eigenvalue weighted by Gasteiger charge is -2.33. The Hall–Kier alpha value is -0.890. The van der Waals surface area contributed by atoms with E-state index in [1.54, 1.807) is 16.7 Å². The molecule has 5 heteroatoms. The first-order valence-corrected chi connectivity index (χ1v) is 6.44. The molecule has 90 valence electrons. The van der Waals surface area contributed by atoms with Gasteiger partial charge in [0.2, 0.25) is 0 Å². The van der Waals surface area contributed by atoms with Crippen molar-refractivity contribution in [3.05, 3.63) is 0 Å². The average molecular weight is 242 g/mol. The van der Waals surface area contributed by atoms with Crippen molar-refractivity contribution in [1.82, 2.24) is 4.90 Å². The number of carbonyl (C=O) groups is 1. The number of ether oxygens (including phenoxy) is 1. The molecular weight excluding hydrogens is 224 g/mol. The molecule has 1 rings (SSSR count). The summed E-state index contributed by atoms with van der Waals surface area (Å²) < 4.78 is 5.30. The summed E-state index contributed by atoms with van der Waals surface area (Å²) in [5.41, 5.74) is -0.452. The Morgan fingerprint density at radius 3 is 2.88 bits per heavy atom. The first-order chi connectivity index (χ1) is 7.42. The number of amides is 1. The third kappa shape index (κ3) is 4.31. The third-order valence-corrected chi connectivity index (χ3v) is 3.31. The van der Waals surface area contributed by atoms with E-state index in [2.05, 4.69) is 6.07 Å². The quantitative estimate of drug-likeness (QED) is 0.707. The Balaban J connectivity index is 2.48. The molecule has 0 aromatic rings. The van der Waals surface area contributed by atoms with Gasteiger partial charge in [-0.3, -0.25) is 0 Å². The number of nitriles is 1. The monoisotopic (exact) mass is 242 g/mol. The number of nitrogens with zero attached hydrogens (tertiary/aromatic N) is 2. The summed E-state index contributed by atoms with van der Waals surface area (Å²) in [5.74, 6) is 0.881. The number of hydrogen-bond donors (Lipinski definition) is 0. The highest BCUT2D eigenvalue weighted by Gasteiger charge is 2.27. The fraction of sp³-hybridized carbons (Fsp3) is 0.818. The molecule has 1 unspecified atom stereocenters. The first kappa shape index (κ1) is 13.2. The van der Waals surface area contributed by atoms with E-state index in [4.69, 9.17) is 10.00 Å². The molecule has 1 fully saturated rings. The van der Waals surface area contributed by atoms with Crippen LogP contribution in [0.2, 0.25) is 0 Å². The number of thioether (sulfide) groups is 1. The van der Waals surface area contributed by atoms with E-state index >= 15 is 0 Å². The van der Waals surface area contributed by atoms with Crippen LogP contribution in [-0.4, -0.2) is 40.7 Å². The Labute approximate surface area is 101 Å². The zero-order valence-electron chi connectivity index (χ0n) is 10.0. The van der Waals surface area contributed by atoms with Crippen molar-refractivity contribution in [2.24, 2.45) is 0 Å². The number of carbonyl (C=O) groups excluding carboxylic acids is 1. The van der Waals surface area contributed by atoms with E-state index in [1.807, 2.05) is 20.8 Å². The van der Waals surface area contributed by atoms with Gasteiger partial charge in [-0.1, -0.05) is 0 Å². The fourth-order valence-corrected chi connectivity index (χ4v) is 2.57. The van der Waals surface area contributed by atoms with Crippen LogP contribution in [0.3, 0.4) is 0 Å². The van der Waals surface area contributed by atoms with Crippen molar-refractivity contribution in [2.75, 3.05) is 18.8 Å². The normalized spacial score (nSPS) is 21.4. The lowest BCUT2D eigenvalue weighted by Crippen LogP contribution is -2.44. The molecule has 0 N–H and O–H groups in total. The molecule has 1 saturated heterocycles. The van der Waals surface area contributed by atoms with E-state index in [0.29, 0.717) is 19.5 Å². The molecule has 0 saturated carbocycles. The molecule has 1 atom stereocenters. The highest BCUT2D eigenvalue weighted by atomic mass is 32.2. The Morgan fingerprint density at radius 2 is 2.31 bits per heavy atom. The van der Waals surface area contributed by atoms with E-state index in [0.717, 1.165) is 5.75 Å². The topological polar surface area (TPSA) is 53.3 Å². The second-order valence-corrected chi connectivity index (χ2v) is 6.19. The predicted molar refractivity (Wildman–Crippen MR) is 64.3 cm³/mol. The van der Waals surface area contributed by atoms with Gasteiger partial charge in [0.1, 0.15) is 5.60 Å². The molecule has 1 aliphatic heterocycles. The van der Waals surface area contributed by atoms with Crippen molar-refractivity contribution in [3.63, 3.8) is 0 Å². The van der Waals surface area contributed by atoms with E-state index in [1.165, 1.54) is 0 Å². The van der Waals surface area contributed by atoms with Gasteiger partial charge in [0.05, 0.1) is 6.07 Å². The maximum atomic E-state index is 11.8. The van der Waals surface area contributed by atoms with Crippen LogP contribution in [0.25, 0.3) is 0 Å². The molecule has 1 aliphatic rings. The van der Waals surface area contributed by atoms with Crippen LogP contribution < -0.4 is 0 Å². The summed E-state index contributed by atoms with van der Waals surface area (Å²) in [5, 5.41) is 8.86. The van der Waals surface area contributed by atoms with Gasteiger partial charge in [0.15, 0.2) is 0 Å². The van der Waals surface area contributed by atoms with E-state index in [-0.39, 0.29) is 11.3 Å². The largest absolute Gasteiger partial charge is 0.444 e. The van der Waals surface area contributed by atoms with Crippen molar-refractivity contribution in [2.45, 2.75) is 38.0 Å². The van der Waals surface area contributed by atoms with Gasteiger partial charge in [0, 0.05) is 30.5 Å². The van der Waals surface area contributed by atoms with Gasteiger partial charge in [-0.05, 0) is 20.8 Å². The van der Waals surface area contributed by atoms with E-state index in [9.17, 15) is 4.79 Å². The predicted octanol–water partition coefficient (Wildman–Crippen LogP) is 2.25. The zero-order valence-corrected chi connectivity index (χ0v) is 10.8. The van der Waals surface area contributed by atoms with Crippen LogP contribution in [0, 0.1) is 11.3 Å². The van der Waals surface area contributed by atoms with Gasteiger partial charge >= 0.3 is 6.09 Å². The highest BCUT2D eigenvalue weighted by molar-refractivity contribution is 8.00. The van der Waals surface area contributed by atoms with Crippen LogP contribution >= 0.6 is 11.8 Å². The van der Waals surface area contributed by atoms with Crippen LogP contribution in [0.15, 0.2) is 0 Å².